The van der Waals surface area contributed by atoms with Crippen molar-refractivity contribution in [1.82, 2.24) is 9.88 Å². The minimum atomic E-state index is -0.392. The van der Waals surface area contributed by atoms with E-state index in [-0.39, 0.29) is 5.91 Å². The minimum Gasteiger partial charge on any atom is -0.391 e. The lowest BCUT2D eigenvalue weighted by atomic mass is 10.3. The molecule has 1 aromatic heterocycles. The number of aliphatic hydroxyl groups excluding tert-OH is 1. The van der Waals surface area contributed by atoms with Gasteiger partial charge in [-0.2, -0.15) is 0 Å². The van der Waals surface area contributed by atoms with Crippen molar-refractivity contribution >= 4 is 21.8 Å². The molecule has 0 aromatic carbocycles. The molecule has 4 nitrogen and oxygen atoms in total. The number of aromatic nitrogens is 1. The van der Waals surface area contributed by atoms with Crippen LogP contribution in [0.4, 0.5) is 0 Å². The molecule has 1 aliphatic rings. The Morgan fingerprint density at radius 3 is 3.07 bits per heavy atom. The van der Waals surface area contributed by atoms with E-state index in [4.69, 9.17) is 0 Å². The zero-order chi connectivity index (χ0) is 10.8. The Morgan fingerprint density at radius 2 is 2.47 bits per heavy atom. The third-order valence-corrected chi connectivity index (χ3v) is 3.05. The second kappa shape index (κ2) is 4.28. The lowest BCUT2D eigenvalue weighted by molar-refractivity contribution is 0.0758. The lowest BCUT2D eigenvalue weighted by Gasteiger charge is -2.15. The fraction of sp³-hybridized carbons (Fsp3) is 0.400. The van der Waals surface area contributed by atoms with Crippen LogP contribution in [-0.2, 0) is 0 Å². The molecule has 5 heteroatoms. The summed E-state index contributed by atoms with van der Waals surface area (Å²) in [5, 5.41) is 9.34. The molecule has 2 heterocycles. The second-order valence-corrected chi connectivity index (χ2v) is 4.38. The fourth-order valence-corrected chi connectivity index (χ4v) is 2.04. The number of hydrogen-bond acceptors (Lipinski definition) is 3. The quantitative estimate of drug-likeness (QED) is 0.830. The number of pyridine rings is 1. The van der Waals surface area contributed by atoms with Gasteiger partial charge in [-0.25, -0.2) is 4.98 Å². The number of halogens is 1. The summed E-state index contributed by atoms with van der Waals surface area (Å²) >= 11 is 3.29. The Bertz CT molecular complexity index is 383. The molecular formula is C10H11BrN2O2. The van der Waals surface area contributed by atoms with E-state index in [0.717, 1.165) is 0 Å². The van der Waals surface area contributed by atoms with Gasteiger partial charge in [0.1, 0.15) is 5.69 Å². The predicted molar refractivity (Wildman–Crippen MR) is 58.5 cm³/mol. The van der Waals surface area contributed by atoms with E-state index in [0.29, 0.717) is 29.7 Å². The van der Waals surface area contributed by atoms with E-state index in [1.54, 1.807) is 23.2 Å². The summed E-state index contributed by atoms with van der Waals surface area (Å²) in [6.07, 6.45) is 1.84. The first-order valence-electron chi connectivity index (χ1n) is 4.76. The first-order valence-corrected chi connectivity index (χ1v) is 5.55. The third-order valence-electron chi connectivity index (χ3n) is 2.41. The molecule has 1 saturated heterocycles. The first-order chi connectivity index (χ1) is 7.18. The minimum absolute atomic E-state index is 0.126. The van der Waals surface area contributed by atoms with Gasteiger partial charge in [0, 0.05) is 23.8 Å². The number of nitrogens with zero attached hydrogens (tertiary/aromatic N) is 2. The van der Waals surface area contributed by atoms with Crippen LogP contribution >= 0.6 is 15.9 Å². The molecule has 1 atom stereocenters. The van der Waals surface area contributed by atoms with Gasteiger partial charge in [-0.3, -0.25) is 4.79 Å². The summed E-state index contributed by atoms with van der Waals surface area (Å²) in [6.45, 7) is 1.00. The molecule has 0 bridgehead atoms. The SMILES string of the molecule is O=C(c1ncccc1Br)N1CCC(O)C1. The number of likely N-dealkylation sites (tertiary alicyclic amines) is 1. The molecule has 0 spiro atoms. The van der Waals surface area contributed by atoms with Gasteiger partial charge in [-0.1, -0.05) is 0 Å². The van der Waals surface area contributed by atoms with Crippen LogP contribution in [0.3, 0.4) is 0 Å². The van der Waals surface area contributed by atoms with Crippen LogP contribution in [0, 0.1) is 0 Å². The summed E-state index contributed by atoms with van der Waals surface area (Å²) in [5.41, 5.74) is 0.409. The third kappa shape index (κ3) is 2.18. The maximum Gasteiger partial charge on any atom is 0.273 e. The first kappa shape index (κ1) is 10.6. The molecule has 1 fully saturated rings. The molecule has 0 radical (unpaired) electrons. The predicted octanol–water partition coefficient (Wildman–Crippen LogP) is 1.05. The lowest BCUT2D eigenvalue weighted by Crippen LogP contribution is -2.30. The van der Waals surface area contributed by atoms with Crippen LogP contribution in [-0.4, -0.2) is 40.1 Å². The molecule has 1 amide bonds. The number of hydrogen-bond donors (Lipinski definition) is 1. The average Bonchev–Trinajstić information content (AvgIpc) is 2.65. The number of aliphatic hydroxyl groups is 1. The molecule has 80 valence electrons. The Kier molecular flexibility index (Phi) is 3.02. The van der Waals surface area contributed by atoms with Gasteiger partial charge in [0.05, 0.1) is 6.10 Å². The summed E-state index contributed by atoms with van der Waals surface area (Å²) in [6, 6.07) is 3.55. The van der Waals surface area contributed by atoms with Crippen LogP contribution < -0.4 is 0 Å². The zero-order valence-electron chi connectivity index (χ0n) is 8.06. The highest BCUT2D eigenvalue weighted by atomic mass is 79.9. The van der Waals surface area contributed by atoms with Gasteiger partial charge < -0.3 is 10.0 Å². The Morgan fingerprint density at radius 1 is 1.67 bits per heavy atom. The van der Waals surface area contributed by atoms with Crippen molar-refractivity contribution in [3.8, 4) is 0 Å². The molecule has 1 aromatic rings. The largest absolute Gasteiger partial charge is 0.391 e. The Hall–Kier alpha value is -0.940. The molecule has 15 heavy (non-hydrogen) atoms. The molecule has 1 N–H and O–H groups in total. The fourth-order valence-electron chi connectivity index (χ4n) is 1.62. The van der Waals surface area contributed by atoms with Crippen LogP contribution in [0.15, 0.2) is 22.8 Å². The smallest absolute Gasteiger partial charge is 0.273 e. The van der Waals surface area contributed by atoms with Crippen molar-refractivity contribution in [1.29, 1.82) is 0 Å². The van der Waals surface area contributed by atoms with Crippen molar-refractivity contribution < 1.29 is 9.90 Å². The van der Waals surface area contributed by atoms with Crippen LogP contribution in [0.1, 0.15) is 16.9 Å². The van der Waals surface area contributed by atoms with E-state index in [9.17, 15) is 9.90 Å². The van der Waals surface area contributed by atoms with Crippen molar-refractivity contribution in [2.75, 3.05) is 13.1 Å². The standard InChI is InChI=1S/C10H11BrN2O2/c11-8-2-1-4-12-9(8)10(15)13-5-3-7(14)6-13/h1-2,4,7,14H,3,5-6H2. The summed E-state index contributed by atoms with van der Waals surface area (Å²) in [5.74, 6) is -0.126. The van der Waals surface area contributed by atoms with Crippen LogP contribution in [0.5, 0.6) is 0 Å². The molecule has 1 unspecified atom stereocenters. The van der Waals surface area contributed by atoms with E-state index < -0.39 is 6.10 Å². The second-order valence-electron chi connectivity index (χ2n) is 3.53. The van der Waals surface area contributed by atoms with E-state index in [2.05, 4.69) is 20.9 Å². The highest BCUT2D eigenvalue weighted by molar-refractivity contribution is 9.10. The highest BCUT2D eigenvalue weighted by Gasteiger charge is 2.26. The number of carbonyl (C=O) groups excluding carboxylic acids is 1. The number of amides is 1. The maximum absolute atomic E-state index is 11.9. The molecular weight excluding hydrogens is 260 g/mol. The molecule has 2 rings (SSSR count). The van der Waals surface area contributed by atoms with E-state index in [1.807, 2.05) is 0 Å². The van der Waals surface area contributed by atoms with Gasteiger partial charge in [0.2, 0.25) is 0 Å². The van der Waals surface area contributed by atoms with Crippen molar-refractivity contribution in [3.05, 3.63) is 28.5 Å². The Labute approximate surface area is 96.1 Å². The maximum atomic E-state index is 11.9. The Balaban J connectivity index is 2.18. The summed E-state index contributed by atoms with van der Waals surface area (Å²) in [4.78, 5) is 17.6. The van der Waals surface area contributed by atoms with Crippen molar-refractivity contribution in [2.45, 2.75) is 12.5 Å². The number of β-amino-alcohol motifs (C(OH)–C–C–N with tert-alkyl or cyclic N) is 1. The summed E-state index contributed by atoms with van der Waals surface area (Å²) < 4.78 is 0.691. The van der Waals surface area contributed by atoms with Gasteiger partial charge in [0.15, 0.2) is 0 Å². The van der Waals surface area contributed by atoms with Crippen molar-refractivity contribution in [2.24, 2.45) is 0 Å². The molecule has 0 saturated carbocycles. The van der Waals surface area contributed by atoms with E-state index >= 15 is 0 Å². The molecule has 0 aliphatic carbocycles. The monoisotopic (exact) mass is 270 g/mol. The number of rotatable bonds is 1. The van der Waals surface area contributed by atoms with Gasteiger partial charge in [-0.15, -0.1) is 0 Å². The zero-order valence-corrected chi connectivity index (χ0v) is 9.64. The van der Waals surface area contributed by atoms with Gasteiger partial charge in [0.25, 0.3) is 5.91 Å². The summed E-state index contributed by atoms with van der Waals surface area (Å²) in [7, 11) is 0. The van der Waals surface area contributed by atoms with Gasteiger partial charge >= 0.3 is 0 Å². The highest BCUT2D eigenvalue weighted by Crippen LogP contribution is 2.18. The van der Waals surface area contributed by atoms with Crippen LogP contribution in [0.25, 0.3) is 0 Å². The van der Waals surface area contributed by atoms with Crippen molar-refractivity contribution in [3.63, 3.8) is 0 Å². The van der Waals surface area contributed by atoms with E-state index in [1.165, 1.54) is 0 Å². The van der Waals surface area contributed by atoms with Crippen LogP contribution in [0.2, 0.25) is 0 Å². The molecule has 1 aliphatic heterocycles. The topological polar surface area (TPSA) is 53.4 Å². The normalized spacial score (nSPS) is 20.7. The van der Waals surface area contributed by atoms with Gasteiger partial charge in [-0.05, 0) is 34.5 Å². The number of carbonyl (C=O) groups is 1. The average molecular weight is 271 g/mol.